The van der Waals surface area contributed by atoms with Crippen molar-refractivity contribution in [2.45, 2.75) is 128 Å². The van der Waals surface area contributed by atoms with Crippen LogP contribution in [-0.2, 0) is 19.1 Å². The first-order valence-electron chi connectivity index (χ1n) is 21.5. The van der Waals surface area contributed by atoms with Crippen LogP contribution in [0.2, 0.25) is 0 Å². The summed E-state index contributed by atoms with van der Waals surface area (Å²) in [6.45, 7) is 9.09. The highest BCUT2D eigenvalue weighted by atomic mass is 19.1. The number of nitrogens with zero attached hydrogens (tertiary/aromatic N) is 3. The number of fused-ring (bicyclic) bond motifs is 6. The van der Waals surface area contributed by atoms with Gasteiger partial charge in [-0.2, -0.15) is 0 Å². The fourth-order valence-electron chi connectivity index (χ4n) is 12.0. The number of ether oxygens (including phenoxy) is 2. The summed E-state index contributed by atoms with van der Waals surface area (Å²) in [5, 5.41) is 23.7. The number of Topliss-reactive ketones (excluding diaryl/α,β-unsaturated/α-hetero) is 1. The number of allylic oxidation sites excluding steroid dienone is 1. The number of piperazine rings is 1. The maximum atomic E-state index is 17.6. The SMILES string of the molecule is COc1c(N2CCN(C(=O)C(N)C(C)C)C(C)C2)c(F)cc2c(=O)c(C(=O)OCC(=O)[C@@]3(O)CC[C@H]4[C@@H]5CCC6=CC(=O)CC[C@]6(C)[C@@]5(F)[C@@H](O)C[C@@]43C)cn(C3CC3)c12. The first-order valence-corrected chi connectivity index (χ1v) is 21.5. The molecule has 13 nitrogen and oxygen atoms in total. The van der Waals surface area contributed by atoms with E-state index in [9.17, 15) is 34.2 Å². The molecule has 5 aliphatic carbocycles. The van der Waals surface area contributed by atoms with Crippen LogP contribution in [-0.4, -0.2) is 106 Å². The van der Waals surface area contributed by atoms with E-state index in [-0.39, 0.29) is 85.3 Å². The van der Waals surface area contributed by atoms with Crippen LogP contribution >= 0.6 is 0 Å². The maximum Gasteiger partial charge on any atom is 0.344 e. The van der Waals surface area contributed by atoms with Crippen LogP contribution in [0.4, 0.5) is 14.5 Å². The van der Waals surface area contributed by atoms with Crippen molar-refractivity contribution in [3.63, 3.8) is 0 Å². The van der Waals surface area contributed by atoms with Crippen molar-refractivity contribution in [1.82, 2.24) is 9.47 Å². The zero-order chi connectivity index (χ0) is 43.4. The molecule has 4 N–H and O–H groups in total. The van der Waals surface area contributed by atoms with Gasteiger partial charge < -0.3 is 39.8 Å². The Morgan fingerprint density at radius 1 is 1.05 bits per heavy atom. The number of pyridine rings is 1. The summed E-state index contributed by atoms with van der Waals surface area (Å²) in [6, 6.07) is -0.00404. The molecule has 6 aliphatic rings. The number of aromatic nitrogens is 1. The summed E-state index contributed by atoms with van der Waals surface area (Å²) in [7, 11) is 1.39. The van der Waals surface area contributed by atoms with Crippen molar-refractivity contribution in [2.24, 2.45) is 34.3 Å². The second-order valence-corrected chi connectivity index (χ2v) is 19.3. The minimum atomic E-state index is -2.06. The van der Waals surface area contributed by atoms with Gasteiger partial charge in [0.1, 0.15) is 22.5 Å². The number of aliphatic hydroxyl groups is 2. The molecule has 15 heteroatoms. The number of aliphatic hydroxyl groups excluding tert-OH is 1. The third-order valence-corrected chi connectivity index (χ3v) is 15.8. The van der Waals surface area contributed by atoms with Crippen LogP contribution in [0.1, 0.15) is 109 Å². The van der Waals surface area contributed by atoms with Crippen LogP contribution in [0.15, 0.2) is 28.7 Å². The standard InChI is InChI=1S/C45H58F2N4O9/c1-23(2)35(48)40(56)50-16-15-49(20-24(50)3)37-32(46)18-28-36(39(37)59-6)51(26-8-9-26)21-29(38(28)55)41(57)60-22-34(54)44(58)14-12-30-31-10-7-25-17-27(52)11-13-42(25,4)45(31,47)33(53)19-43(30,44)5/h17-18,21,23-24,26,30-31,33,35,53,58H,7-16,19-20,22,48H2,1-6H3/t24?,30-,31-,33-,35?,42-,43-,44-,45-/m0/s1. The van der Waals surface area contributed by atoms with Crippen LogP contribution in [0.5, 0.6) is 5.75 Å². The van der Waals surface area contributed by atoms with E-state index in [1.54, 1.807) is 28.2 Å². The van der Waals surface area contributed by atoms with E-state index in [1.807, 2.05) is 20.8 Å². The van der Waals surface area contributed by atoms with Crippen LogP contribution in [0.3, 0.4) is 0 Å². The van der Waals surface area contributed by atoms with E-state index < -0.39 is 81.3 Å². The predicted molar refractivity (Wildman–Crippen MR) is 218 cm³/mol. The summed E-state index contributed by atoms with van der Waals surface area (Å²) < 4.78 is 47.0. The summed E-state index contributed by atoms with van der Waals surface area (Å²) >= 11 is 0. The number of methoxy groups -OCH3 is 1. The molecule has 2 heterocycles. The molecule has 0 spiro atoms. The van der Waals surface area contributed by atoms with E-state index in [2.05, 4.69) is 0 Å². The fourth-order valence-corrected chi connectivity index (χ4v) is 12.0. The number of nitrogens with two attached hydrogens (primary N) is 1. The molecule has 2 unspecified atom stereocenters. The monoisotopic (exact) mass is 836 g/mol. The zero-order valence-corrected chi connectivity index (χ0v) is 35.4. The third kappa shape index (κ3) is 6.10. The molecule has 4 saturated carbocycles. The lowest BCUT2D eigenvalue weighted by atomic mass is 9.44. The molecule has 5 fully saturated rings. The molecule has 1 aliphatic heterocycles. The van der Waals surface area contributed by atoms with Gasteiger partial charge in [-0.05, 0) is 82.3 Å². The quantitative estimate of drug-likeness (QED) is 0.302. The molecule has 0 radical (unpaired) electrons. The van der Waals surface area contributed by atoms with Crippen molar-refractivity contribution in [3.05, 3.63) is 45.5 Å². The van der Waals surface area contributed by atoms with Gasteiger partial charge in [-0.25, -0.2) is 13.6 Å². The molecule has 0 bridgehead atoms. The molecular weight excluding hydrogens is 779 g/mol. The number of alkyl halides is 1. The Labute approximate surface area is 348 Å². The molecule has 1 aromatic heterocycles. The average molecular weight is 837 g/mol. The lowest BCUT2D eigenvalue weighted by Crippen LogP contribution is -2.69. The topological polar surface area (TPSA) is 182 Å². The Bertz CT molecular complexity index is 2260. The average Bonchev–Trinajstić information content (AvgIpc) is 4.01. The summed E-state index contributed by atoms with van der Waals surface area (Å²) in [5.41, 5.74) is -0.324. The van der Waals surface area contributed by atoms with E-state index in [0.717, 1.165) is 18.9 Å². The third-order valence-electron chi connectivity index (χ3n) is 15.8. The number of amides is 1. The second-order valence-electron chi connectivity index (χ2n) is 19.3. The van der Waals surface area contributed by atoms with Crippen molar-refractivity contribution in [3.8, 4) is 5.75 Å². The number of carbonyl (C=O) groups is 4. The highest BCUT2D eigenvalue weighted by Gasteiger charge is 2.74. The van der Waals surface area contributed by atoms with Gasteiger partial charge in [-0.15, -0.1) is 0 Å². The number of esters is 1. The first kappa shape index (κ1) is 42.5. The number of hydrogen-bond acceptors (Lipinski definition) is 11. The predicted octanol–water partition coefficient (Wildman–Crippen LogP) is 4.56. The lowest BCUT2D eigenvalue weighted by molar-refractivity contribution is -0.226. The van der Waals surface area contributed by atoms with Crippen molar-refractivity contribution < 1.29 is 47.6 Å². The number of rotatable bonds is 9. The van der Waals surface area contributed by atoms with Gasteiger partial charge in [-0.1, -0.05) is 33.3 Å². The summed E-state index contributed by atoms with van der Waals surface area (Å²) in [4.78, 5) is 70.8. The Balaban J connectivity index is 1.04. The maximum absolute atomic E-state index is 17.6. The fraction of sp³-hybridized carbons (Fsp3) is 0.667. The van der Waals surface area contributed by atoms with E-state index in [1.165, 1.54) is 19.4 Å². The molecule has 8 rings (SSSR count). The van der Waals surface area contributed by atoms with Gasteiger partial charge >= 0.3 is 5.97 Å². The lowest BCUT2D eigenvalue weighted by Gasteiger charge is -2.63. The van der Waals surface area contributed by atoms with Crippen molar-refractivity contribution in [2.75, 3.05) is 38.3 Å². The summed E-state index contributed by atoms with van der Waals surface area (Å²) in [6.07, 6.45) is 4.20. The van der Waals surface area contributed by atoms with Crippen LogP contribution in [0, 0.1) is 34.4 Å². The molecular formula is C45H58F2N4O9. The minimum Gasteiger partial charge on any atom is -0.492 e. The smallest absolute Gasteiger partial charge is 0.344 e. The van der Waals surface area contributed by atoms with Gasteiger partial charge in [0.2, 0.25) is 17.1 Å². The van der Waals surface area contributed by atoms with Crippen molar-refractivity contribution >= 4 is 40.0 Å². The first-order chi connectivity index (χ1) is 28.2. The Morgan fingerprint density at radius 3 is 2.42 bits per heavy atom. The highest BCUT2D eigenvalue weighted by Crippen LogP contribution is 2.70. The molecule has 2 aromatic rings. The number of halogens is 2. The van der Waals surface area contributed by atoms with E-state index >= 15 is 8.78 Å². The zero-order valence-electron chi connectivity index (χ0n) is 35.4. The van der Waals surface area contributed by atoms with Gasteiger partial charge in [0.05, 0.1) is 30.2 Å². The molecule has 60 heavy (non-hydrogen) atoms. The van der Waals surface area contributed by atoms with Gasteiger partial charge in [-0.3, -0.25) is 19.2 Å². The van der Waals surface area contributed by atoms with E-state index in [4.69, 9.17) is 15.2 Å². The number of anilines is 1. The highest BCUT2D eigenvalue weighted by molar-refractivity contribution is 5.99. The van der Waals surface area contributed by atoms with Gasteiger partial charge in [0.25, 0.3) is 0 Å². The van der Waals surface area contributed by atoms with Crippen LogP contribution in [0.25, 0.3) is 10.9 Å². The number of carbonyl (C=O) groups excluding carboxylic acids is 4. The molecule has 326 valence electrons. The van der Waals surface area contributed by atoms with Gasteiger partial charge in [0, 0.05) is 61.1 Å². The van der Waals surface area contributed by atoms with E-state index in [0.29, 0.717) is 36.9 Å². The number of ketones is 2. The Kier molecular flexibility index (Phi) is 10.4. The number of hydrogen-bond donors (Lipinski definition) is 3. The van der Waals surface area contributed by atoms with Crippen LogP contribution < -0.4 is 20.8 Å². The summed E-state index contributed by atoms with van der Waals surface area (Å²) in [5.74, 6) is -3.99. The molecule has 1 amide bonds. The Morgan fingerprint density at radius 2 is 1.77 bits per heavy atom. The Hall–Kier alpha value is -4.21. The second kappa shape index (κ2) is 14.7. The molecule has 9 atom stereocenters. The largest absolute Gasteiger partial charge is 0.492 e. The normalized spacial score (nSPS) is 34.5. The minimum absolute atomic E-state index is 0.0246. The van der Waals surface area contributed by atoms with Crippen molar-refractivity contribution in [1.29, 1.82) is 0 Å². The molecule has 1 aromatic carbocycles. The number of benzene rings is 1. The van der Waals surface area contributed by atoms with Gasteiger partial charge in [0.15, 0.2) is 24.0 Å². The molecule has 1 saturated heterocycles.